The molecule has 0 saturated carbocycles. The predicted octanol–water partition coefficient (Wildman–Crippen LogP) is 2.30. The molecule has 2 aromatic rings. The largest absolute Gasteiger partial charge is 0.493 e. The molecule has 126 valence electrons. The lowest BCUT2D eigenvalue weighted by Crippen LogP contribution is -3.10. The van der Waals surface area contributed by atoms with E-state index in [4.69, 9.17) is 4.74 Å². The lowest BCUT2D eigenvalue weighted by molar-refractivity contribution is -0.910. The molecule has 1 aromatic carbocycles. The second-order valence-electron chi connectivity index (χ2n) is 6.60. The van der Waals surface area contributed by atoms with Gasteiger partial charge in [-0.15, -0.1) is 0 Å². The Morgan fingerprint density at radius 2 is 1.91 bits per heavy atom. The summed E-state index contributed by atoms with van der Waals surface area (Å²) in [6, 6.07) is 5.74. The molecular weight excluding hydrogens is 288 g/mol. The highest BCUT2D eigenvalue weighted by Gasteiger charge is 2.15. The van der Waals surface area contributed by atoms with Crippen molar-refractivity contribution in [3.63, 3.8) is 0 Å². The van der Waals surface area contributed by atoms with E-state index in [2.05, 4.69) is 32.7 Å². The van der Waals surface area contributed by atoms with E-state index < -0.39 is 0 Å². The molecule has 0 spiro atoms. The lowest BCUT2D eigenvalue weighted by Gasteiger charge is -2.17. The number of pyridine rings is 1. The first-order chi connectivity index (χ1) is 11.0. The summed E-state index contributed by atoms with van der Waals surface area (Å²) >= 11 is 0. The highest BCUT2D eigenvalue weighted by atomic mass is 16.5. The van der Waals surface area contributed by atoms with Crippen LogP contribution in [-0.4, -0.2) is 24.7 Å². The number of aromatic amines is 1. The maximum atomic E-state index is 12.9. The lowest BCUT2D eigenvalue weighted by atomic mass is 10.1. The Bertz CT molecular complexity index is 715. The zero-order valence-corrected chi connectivity index (χ0v) is 15.0. The van der Waals surface area contributed by atoms with Gasteiger partial charge in [-0.1, -0.05) is 13.8 Å². The first-order valence-corrected chi connectivity index (χ1v) is 8.58. The van der Waals surface area contributed by atoms with Crippen LogP contribution >= 0.6 is 0 Å². The van der Waals surface area contributed by atoms with E-state index in [0.29, 0.717) is 12.5 Å². The van der Waals surface area contributed by atoms with Gasteiger partial charge in [-0.2, -0.15) is 0 Å². The summed E-state index contributed by atoms with van der Waals surface area (Å²) in [5.41, 5.74) is 2.86. The molecular formula is C19H29N2O2+. The summed E-state index contributed by atoms with van der Waals surface area (Å²) in [5, 5.41) is 0.721. The second kappa shape index (κ2) is 7.64. The zero-order valence-electron chi connectivity index (χ0n) is 15.0. The smallest absolute Gasteiger partial charge is 0.198 e. The minimum absolute atomic E-state index is 0.130. The van der Waals surface area contributed by atoms with Crippen LogP contribution in [0.1, 0.15) is 39.0 Å². The number of fused-ring (bicyclic) bond motifs is 1. The Hall–Kier alpha value is -1.81. The van der Waals surface area contributed by atoms with E-state index in [9.17, 15) is 4.79 Å². The molecule has 0 aliphatic heterocycles. The van der Waals surface area contributed by atoms with E-state index in [1.54, 1.807) is 0 Å². The molecule has 0 amide bonds. The Morgan fingerprint density at radius 3 is 2.52 bits per heavy atom. The van der Waals surface area contributed by atoms with Crippen LogP contribution < -0.4 is 15.1 Å². The number of rotatable bonds is 7. The molecule has 23 heavy (non-hydrogen) atoms. The van der Waals surface area contributed by atoms with Crippen LogP contribution in [-0.2, 0) is 6.54 Å². The third-order valence-electron chi connectivity index (χ3n) is 4.29. The van der Waals surface area contributed by atoms with Crippen LogP contribution in [0.3, 0.4) is 0 Å². The predicted molar refractivity (Wildman–Crippen MR) is 95.4 cm³/mol. The molecule has 0 bridgehead atoms. The molecule has 0 aliphatic carbocycles. The van der Waals surface area contributed by atoms with Gasteiger partial charge in [0.25, 0.3) is 0 Å². The number of hydrogen-bond acceptors (Lipinski definition) is 2. The molecule has 4 nitrogen and oxygen atoms in total. The van der Waals surface area contributed by atoms with Gasteiger partial charge in [0.05, 0.1) is 25.3 Å². The van der Waals surface area contributed by atoms with Crippen molar-refractivity contribution in [3.8, 4) is 5.75 Å². The zero-order chi connectivity index (χ0) is 17.0. The number of H-pyrrole nitrogens is 1. The van der Waals surface area contributed by atoms with Gasteiger partial charge < -0.3 is 14.6 Å². The molecule has 0 saturated heterocycles. The van der Waals surface area contributed by atoms with Crippen LogP contribution in [0.25, 0.3) is 10.9 Å². The molecule has 1 aromatic heterocycles. The standard InChI is InChI=1S/C19H28N2O2/c1-6-21(7-2)11-17-14(5)20-18-9-8-15(23-12-13(3)4)10-16(18)19(17)22/h8-10,13H,6-7,11-12H2,1-5H3,(H,20,22)/p+1. The molecule has 0 radical (unpaired) electrons. The van der Waals surface area contributed by atoms with E-state index in [1.165, 1.54) is 4.90 Å². The van der Waals surface area contributed by atoms with Gasteiger partial charge >= 0.3 is 0 Å². The SMILES string of the molecule is CC[NH+](CC)Cc1c(C)[nH]c2ccc(OCC(C)C)cc2c1=O. The fraction of sp³-hybridized carbons (Fsp3) is 0.526. The molecule has 2 N–H and O–H groups in total. The summed E-state index contributed by atoms with van der Waals surface area (Å²) < 4.78 is 5.77. The van der Waals surface area contributed by atoms with Crippen LogP contribution in [0.5, 0.6) is 5.75 Å². The fourth-order valence-corrected chi connectivity index (χ4v) is 2.75. The van der Waals surface area contributed by atoms with Gasteiger partial charge in [0, 0.05) is 16.6 Å². The van der Waals surface area contributed by atoms with Crippen molar-refractivity contribution in [2.24, 2.45) is 5.92 Å². The van der Waals surface area contributed by atoms with Crippen molar-refractivity contribution < 1.29 is 9.64 Å². The Balaban J connectivity index is 2.43. The van der Waals surface area contributed by atoms with Crippen molar-refractivity contribution in [3.05, 3.63) is 39.7 Å². The number of aromatic nitrogens is 1. The average molecular weight is 317 g/mol. The Morgan fingerprint density at radius 1 is 1.22 bits per heavy atom. The van der Waals surface area contributed by atoms with E-state index in [1.807, 2.05) is 25.1 Å². The first kappa shape index (κ1) is 17.5. The van der Waals surface area contributed by atoms with Crippen LogP contribution in [0, 0.1) is 12.8 Å². The van der Waals surface area contributed by atoms with E-state index in [-0.39, 0.29) is 5.43 Å². The minimum atomic E-state index is 0.130. The number of quaternary nitrogens is 1. The normalized spacial score (nSPS) is 11.6. The quantitative estimate of drug-likeness (QED) is 0.823. The summed E-state index contributed by atoms with van der Waals surface area (Å²) in [7, 11) is 0. The van der Waals surface area contributed by atoms with Gasteiger partial charge in [0.15, 0.2) is 5.43 Å². The van der Waals surface area contributed by atoms with Gasteiger partial charge in [0.2, 0.25) is 0 Å². The molecule has 0 fully saturated rings. The van der Waals surface area contributed by atoms with E-state index in [0.717, 1.165) is 47.5 Å². The summed E-state index contributed by atoms with van der Waals surface area (Å²) in [6.07, 6.45) is 0. The number of ether oxygens (including phenoxy) is 1. The monoisotopic (exact) mass is 317 g/mol. The van der Waals surface area contributed by atoms with E-state index >= 15 is 0 Å². The van der Waals surface area contributed by atoms with Gasteiger partial charge in [-0.05, 0) is 44.9 Å². The van der Waals surface area contributed by atoms with Crippen molar-refractivity contribution in [2.45, 2.75) is 41.2 Å². The van der Waals surface area contributed by atoms with Crippen molar-refractivity contribution in [2.75, 3.05) is 19.7 Å². The number of nitrogens with one attached hydrogen (secondary N) is 2. The first-order valence-electron chi connectivity index (χ1n) is 8.58. The van der Waals surface area contributed by atoms with Gasteiger partial charge in [-0.3, -0.25) is 4.79 Å². The molecule has 1 heterocycles. The number of hydrogen-bond donors (Lipinski definition) is 2. The third-order valence-corrected chi connectivity index (χ3v) is 4.29. The number of benzene rings is 1. The van der Waals surface area contributed by atoms with Crippen LogP contribution in [0.15, 0.2) is 23.0 Å². The number of aryl methyl sites for hydroxylation is 1. The maximum absolute atomic E-state index is 12.9. The van der Waals surface area contributed by atoms with Crippen molar-refractivity contribution in [1.82, 2.24) is 4.98 Å². The van der Waals surface area contributed by atoms with Crippen molar-refractivity contribution >= 4 is 10.9 Å². The molecule has 2 rings (SSSR count). The highest BCUT2D eigenvalue weighted by molar-refractivity contribution is 5.81. The third kappa shape index (κ3) is 4.14. The fourth-order valence-electron chi connectivity index (χ4n) is 2.75. The average Bonchev–Trinajstić information content (AvgIpc) is 2.53. The molecule has 0 atom stereocenters. The topological polar surface area (TPSA) is 46.5 Å². The van der Waals surface area contributed by atoms with Crippen molar-refractivity contribution in [1.29, 1.82) is 0 Å². The van der Waals surface area contributed by atoms with Crippen LogP contribution in [0.4, 0.5) is 0 Å². The molecule has 0 aliphatic rings. The molecule has 4 heteroatoms. The summed E-state index contributed by atoms with van der Waals surface area (Å²) in [6.45, 7) is 14.0. The van der Waals surface area contributed by atoms with Gasteiger partial charge in [-0.25, -0.2) is 0 Å². The summed E-state index contributed by atoms with van der Waals surface area (Å²) in [4.78, 5) is 17.7. The second-order valence-corrected chi connectivity index (χ2v) is 6.60. The highest BCUT2D eigenvalue weighted by Crippen LogP contribution is 2.19. The Labute approximate surface area is 138 Å². The Kier molecular flexibility index (Phi) is 5.83. The molecule has 0 unspecified atom stereocenters. The maximum Gasteiger partial charge on any atom is 0.198 e. The van der Waals surface area contributed by atoms with Gasteiger partial charge in [0.1, 0.15) is 12.3 Å². The summed E-state index contributed by atoms with van der Waals surface area (Å²) in [5.74, 6) is 1.23. The van der Waals surface area contributed by atoms with Crippen LogP contribution in [0.2, 0.25) is 0 Å². The minimum Gasteiger partial charge on any atom is -0.493 e.